The zero-order chi connectivity index (χ0) is 17.0. The van der Waals surface area contributed by atoms with Crippen LogP contribution in [-0.2, 0) is 4.84 Å². The molecule has 0 aliphatic carbocycles. The molecule has 124 valence electrons. The smallest absolute Gasteiger partial charge is 0.193 e. The van der Waals surface area contributed by atoms with E-state index in [1.807, 2.05) is 28.9 Å². The van der Waals surface area contributed by atoms with Crippen LogP contribution in [0.3, 0.4) is 0 Å². The molecule has 2 aromatic carbocycles. The van der Waals surface area contributed by atoms with Crippen molar-refractivity contribution in [3.8, 4) is 11.4 Å². The Kier molecular flexibility index (Phi) is 3.46. The summed E-state index contributed by atoms with van der Waals surface area (Å²) in [4.78, 5) is 10.4. The first-order chi connectivity index (χ1) is 12.2. The molecule has 0 saturated carbocycles. The second-order valence-electron chi connectivity index (χ2n) is 6.06. The molecule has 0 bridgehead atoms. The maximum atomic E-state index is 5.70. The second-order valence-corrected chi connectivity index (χ2v) is 8.09. The molecule has 5 nitrogen and oxygen atoms in total. The normalized spacial score (nSPS) is 20.8. The lowest BCUT2D eigenvalue weighted by Crippen LogP contribution is -2.21. The number of benzene rings is 2. The lowest BCUT2D eigenvalue weighted by molar-refractivity contribution is 0.0880. The Bertz CT molecular complexity index is 981. The molecule has 7 heteroatoms. The van der Waals surface area contributed by atoms with Crippen LogP contribution in [0, 0.1) is 6.92 Å². The summed E-state index contributed by atoms with van der Waals surface area (Å²) in [7, 11) is 0. The van der Waals surface area contributed by atoms with Crippen molar-refractivity contribution in [2.24, 2.45) is 5.16 Å². The highest BCUT2D eigenvalue weighted by Crippen LogP contribution is 2.44. The van der Waals surface area contributed by atoms with Crippen LogP contribution in [-0.4, -0.2) is 25.9 Å². The van der Waals surface area contributed by atoms with E-state index in [2.05, 4.69) is 62.4 Å². The van der Waals surface area contributed by atoms with Crippen molar-refractivity contribution in [1.82, 2.24) is 14.8 Å². The van der Waals surface area contributed by atoms with Gasteiger partial charge in [0.25, 0.3) is 0 Å². The van der Waals surface area contributed by atoms with E-state index in [0.717, 1.165) is 32.4 Å². The molecule has 5 rings (SSSR count). The van der Waals surface area contributed by atoms with E-state index in [0.29, 0.717) is 0 Å². The summed E-state index contributed by atoms with van der Waals surface area (Å²) < 4.78 is 2.86. The Labute approximate surface area is 157 Å². The van der Waals surface area contributed by atoms with Gasteiger partial charge in [-0.2, -0.15) is 4.68 Å². The number of hydrogen-bond acceptors (Lipinski definition) is 5. The first-order valence-corrected chi connectivity index (χ1v) is 9.56. The average molecular weight is 413 g/mol. The lowest BCUT2D eigenvalue weighted by Gasteiger charge is -2.13. The standard InChI is InChI=1S/C18H13BrN4OS/c1-10-2-4-12(5-3-10)16-20-18-23(21-16)17-15(25-18)14(24-22-17)11-6-8-13(19)9-7-11/h2-9,14-15H,1H3. The van der Waals surface area contributed by atoms with Gasteiger partial charge in [0.1, 0.15) is 5.25 Å². The maximum absolute atomic E-state index is 5.70. The quantitative estimate of drug-likeness (QED) is 0.624. The maximum Gasteiger partial charge on any atom is 0.193 e. The van der Waals surface area contributed by atoms with E-state index < -0.39 is 0 Å². The zero-order valence-electron chi connectivity index (χ0n) is 13.3. The molecule has 0 radical (unpaired) electrons. The molecule has 0 fully saturated rings. The Morgan fingerprint density at radius 2 is 1.84 bits per heavy atom. The van der Waals surface area contributed by atoms with Crippen molar-refractivity contribution in [1.29, 1.82) is 0 Å². The molecule has 2 unspecified atom stereocenters. The van der Waals surface area contributed by atoms with Gasteiger partial charge in [-0.15, -0.1) is 5.10 Å². The number of thioether (sulfide) groups is 1. The summed E-state index contributed by atoms with van der Waals surface area (Å²) >= 11 is 5.12. The Morgan fingerprint density at radius 1 is 1.08 bits per heavy atom. The molecule has 25 heavy (non-hydrogen) atoms. The summed E-state index contributed by atoms with van der Waals surface area (Å²) in [5, 5.41) is 9.88. The molecular formula is C18H13BrN4OS. The van der Waals surface area contributed by atoms with Gasteiger partial charge in [-0.3, -0.25) is 0 Å². The van der Waals surface area contributed by atoms with Gasteiger partial charge >= 0.3 is 0 Å². The molecule has 0 saturated heterocycles. The van der Waals surface area contributed by atoms with Crippen LogP contribution >= 0.6 is 27.7 Å². The highest BCUT2D eigenvalue weighted by molar-refractivity contribution is 9.10. The van der Waals surface area contributed by atoms with Crippen LogP contribution in [0.1, 0.15) is 17.2 Å². The first kappa shape index (κ1) is 15.2. The predicted octanol–water partition coefficient (Wildman–Crippen LogP) is 4.42. The van der Waals surface area contributed by atoms with Gasteiger partial charge in [0.05, 0.1) is 0 Å². The minimum Gasteiger partial charge on any atom is -0.384 e. The van der Waals surface area contributed by atoms with E-state index >= 15 is 0 Å². The van der Waals surface area contributed by atoms with Crippen molar-refractivity contribution in [3.05, 3.63) is 64.1 Å². The molecule has 2 aliphatic heterocycles. The Morgan fingerprint density at radius 3 is 2.60 bits per heavy atom. The molecule has 2 atom stereocenters. The van der Waals surface area contributed by atoms with Crippen molar-refractivity contribution in [2.45, 2.75) is 23.4 Å². The molecule has 0 N–H and O–H groups in total. The third-order valence-corrected chi connectivity index (χ3v) is 6.04. The monoisotopic (exact) mass is 412 g/mol. The Balaban J connectivity index is 1.45. The molecule has 2 aliphatic rings. The fourth-order valence-corrected chi connectivity index (χ4v) is 4.42. The minimum absolute atomic E-state index is 0.0863. The van der Waals surface area contributed by atoms with Crippen molar-refractivity contribution in [2.75, 3.05) is 0 Å². The fraction of sp³-hybridized carbons (Fsp3) is 0.167. The predicted molar refractivity (Wildman–Crippen MR) is 101 cm³/mol. The third kappa shape index (κ3) is 2.49. The van der Waals surface area contributed by atoms with Crippen LogP contribution in [0.15, 0.2) is 63.3 Å². The van der Waals surface area contributed by atoms with Crippen LogP contribution in [0.4, 0.5) is 0 Å². The number of halogens is 1. The number of oxime groups is 1. The second kappa shape index (κ2) is 5.71. The highest BCUT2D eigenvalue weighted by Gasteiger charge is 2.45. The van der Waals surface area contributed by atoms with E-state index in [9.17, 15) is 0 Å². The van der Waals surface area contributed by atoms with Gasteiger partial charge in [0.2, 0.25) is 0 Å². The molecular weight excluding hydrogens is 400 g/mol. The fourth-order valence-electron chi connectivity index (χ4n) is 2.98. The van der Waals surface area contributed by atoms with Crippen molar-refractivity contribution in [3.63, 3.8) is 0 Å². The number of rotatable bonds is 2. The molecule has 0 spiro atoms. The van der Waals surface area contributed by atoms with Gasteiger partial charge in [-0.1, -0.05) is 74.8 Å². The van der Waals surface area contributed by atoms with E-state index in [1.54, 1.807) is 11.8 Å². The van der Waals surface area contributed by atoms with Gasteiger partial charge in [0, 0.05) is 10.0 Å². The van der Waals surface area contributed by atoms with Gasteiger partial charge in [-0.25, -0.2) is 4.98 Å². The van der Waals surface area contributed by atoms with E-state index in [1.165, 1.54) is 5.56 Å². The van der Waals surface area contributed by atoms with Gasteiger partial charge < -0.3 is 4.84 Å². The van der Waals surface area contributed by atoms with Gasteiger partial charge in [0.15, 0.2) is 22.9 Å². The summed E-state index contributed by atoms with van der Waals surface area (Å²) in [5.41, 5.74) is 3.33. The third-order valence-electron chi connectivity index (χ3n) is 4.32. The number of fused-ring (bicyclic) bond motifs is 3. The van der Waals surface area contributed by atoms with Crippen molar-refractivity contribution < 1.29 is 4.84 Å². The first-order valence-electron chi connectivity index (χ1n) is 7.89. The van der Waals surface area contributed by atoms with Gasteiger partial charge in [-0.05, 0) is 24.6 Å². The average Bonchev–Trinajstić information content (AvgIpc) is 3.27. The Hall–Kier alpha value is -2.12. The number of nitrogens with zero attached hydrogens (tertiary/aromatic N) is 4. The molecule has 3 aromatic rings. The summed E-state index contributed by atoms with van der Waals surface area (Å²) in [5.74, 6) is 1.54. The summed E-state index contributed by atoms with van der Waals surface area (Å²) in [6.45, 7) is 2.07. The number of aromatic nitrogens is 3. The van der Waals surface area contributed by atoms with Crippen LogP contribution in [0.2, 0.25) is 0 Å². The number of hydrogen-bond donors (Lipinski definition) is 0. The van der Waals surface area contributed by atoms with E-state index in [-0.39, 0.29) is 11.4 Å². The SMILES string of the molecule is Cc1ccc(-c2nc3n(n2)C2=NOC(c4ccc(Br)cc4)C2S3)cc1. The number of aryl methyl sites for hydroxylation is 1. The molecule has 1 aromatic heterocycles. The highest BCUT2D eigenvalue weighted by atomic mass is 79.9. The molecule has 0 amide bonds. The van der Waals surface area contributed by atoms with Crippen LogP contribution in [0.5, 0.6) is 0 Å². The zero-order valence-corrected chi connectivity index (χ0v) is 15.7. The summed E-state index contributed by atoms with van der Waals surface area (Å²) in [6.07, 6.45) is -0.112. The van der Waals surface area contributed by atoms with E-state index in [4.69, 9.17) is 4.84 Å². The topological polar surface area (TPSA) is 52.3 Å². The molecule has 3 heterocycles. The van der Waals surface area contributed by atoms with Crippen LogP contribution in [0.25, 0.3) is 11.4 Å². The van der Waals surface area contributed by atoms with Crippen molar-refractivity contribution >= 4 is 33.5 Å². The summed E-state index contributed by atoms with van der Waals surface area (Å²) in [6, 6.07) is 16.4. The largest absolute Gasteiger partial charge is 0.384 e. The van der Waals surface area contributed by atoms with Crippen LogP contribution < -0.4 is 0 Å². The minimum atomic E-state index is -0.112. The lowest BCUT2D eigenvalue weighted by atomic mass is 10.1.